The summed E-state index contributed by atoms with van der Waals surface area (Å²) in [6.45, 7) is 7.22. The molecule has 1 aromatic carbocycles. The van der Waals surface area contributed by atoms with Gasteiger partial charge in [-0.25, -0.2) is 14.4 Å². The zero-order chi connectivity index (χ0) is 28.6. The molecule has 2 unspecified atom stereocenters. The Labute approximate surface area is 224 Å². The van der Waals surface area contributed by atoms with Gasteiger partial charge in [0.1, 0.15) is 34.8 Å². The Balaban J connectivity index is 2.01. The molecule has 0 aliphatic carbocycles. The first kappa shape index (κ1) is 27.3. The third kappa shape index (κ3) is 4.93. The number of aryl methyl sites for hydroxylation is 3. The monoisotopic (exact) mass is 529 g/mol. The van der Waals surface area contributed by atoms with E-state index in [1.807, 2.05) is 13.8 Å². The van der Waals surface area contributed by atoms with E-state index in [0.29, 0.717) is 22.8 Å². The minimum Gasteiger partial charge on any atom is -0.479 e. The molecule has 11 heteroatoms. The number of hydrogen-bond acceptors (Lipinski definition) is 8. The number of rotatable bonds is 6. The zero-order valence-electron chi connectivity index (χ0n) is 22.5. The van der Waals surface area contributed by atoms with Gasteiger partial charge in [0.25, 0.3) is 11.5 Å². The summed E-state index contributed by atoms with van der Waals surface area (Å²) in [6.07, 6.45) is 3.13. The van der Waals surface area contributed by atoms with E-state index >= 15 is 0 Å². The van der Waals surface area contributed by atoms with Crippen molar-refractivity contribution in [2.45, 2.75) is 33.7 Å². The minimum atomic E-state index is -0.986. The molecule has 3 heterocycles. The molecule has 3 aromatic rings. The van der Waals surface area contributed by atoms with Crippen molar-refractivity contribution in [2.24, 2.45) is 23.9 Å². The van der Waals surface area contributed by atoms with E-state index in [9.17, 15) is 19.2 Å². The quantitative estimate of drug-likeness (QED) is 0.480. The first-order valence-corrected chi connectivity index (χ1v) is 12.2. The number of pyridine rings is 1. The molecule has 1 saturated heterocycles. The van der Waals surface area contributed by atoms with Gasteiger partial charge < -0.3 is 9.30 Å². The molecule has 1 aliphatic rings. The summed E-state index contributed by atoms with van der Waals surface area (Å²) in [5, 5.41) is 18.2. The second-order valence-corrected chi connectivity index (χ2v) is 9.68. The number of methoxy groups -OCH3 is 1. The SMILES string of the molecule is COc1nc(C)ncc1N=C(C(C)C)C1C(=N)C(=O)N(c2cc(C)cn(C)c2=O)C1c1ccc(C#N)c(F)c1. The largest absolute Gasteiger partial charge is 0.479 e. The van der Waals surface area contributed by atoms with Crippen molar-refractivity contribution in [3.8, 4) is 11.9 Å². The number of nitrogens with zero attached hydrogens (tertiary/aromatic N) is 6. The van der Waals surface area contributed by atoms with Crippen LogP contribution in [0.15, 0.2) is 46.4 Å². The van der Waals surface area contributed by atoms with E-state index < -0.39 is 29.2 Å². The van der Waals surface area contributed by atoms with Crippen molar-refractivity contribution in [1.82, 2.24) is 14.5 Å². The molecule has 200 valence electrons. The molecular formula is C28H28FN7O3. The fourth-order valence-corrected chi connectivity index (χ4v) is 4.81. The molecule has 1 fully saturated rings. The summed E-state index contributed by atoms with van der Waals surface area (Å²) < 4.78 is 21.6. The highest BCUT2D eigenvalue weighted by Crippen LogP contribution is 2.42. The Bertz CT molecular complexity index is 1620. The topological polar surface area (TPSA) is 137 Å². The number of benzene rings is 1. The lowest BCUT2D eigenvalue weighted by Crippen LogP contribution is -2.36. The van der Waals surface area contributed by atoms with Crippen molar-refractivity contribution in [3.63, 3.8) is 0 Å². The van der Waals surface area contributed by atoms with E-state index in [1.165, 1.54) is 41.0 Å². The summed E-state index contributed by atoms with van der Waals surface area (Å²) in [5.74, 6) is -2.00. The predicted molar refractivity (Wildman–Crippen MR) is 144 cm³/mol. The minimum absolute atomic E-state index is 0.0591. The number of hydrogen-bond donors (Lipinski definition) is 1. The van der Waals surface area contributed by atoms with Crippen LogP contribution in [0.2, 0.25) is 0 Å². The standard InChI is InChI=1S/C28H28FN7O3/c1-14(2)24(34-20-12-32-16(4)33-26(20)39-6)22-23(31)28(38)36(21-9-15(3)13-35(5)27(21)37)25(22)17-7-8-18(11-30)19(29)10-17/h7-10,12-14,22,25,31H,1-6H3. The normalized spacial score (nSPS) is 17.6. The van der Waals surface area contributed by atoms with Crippen molar-refractivity contribution in [3.05, 3.63) is 75.3 Å². The van der Waals surface area contributed by atoms with Crippen molar-refractivity contribution >= 4 is 28.7 Å². The number of anilines is 1. The number of carbonyl (C=O) groups is 1. The summed E-state index contributed by atoms with van der Waals surface area (Å²) in [6, 6.07) is 6.41. The molecular weight excluding hydrogens is 501 g/mol. The average molecular weight is 530 g/mol. The van der Waals surface area contributed by atoms with Crippen LogP contribution in [-0.4, -0.2) is 39.0 Å². The number of nitriles is 1. The van der Waals surface area contributed by atoms with E-state index in [-0.39, 0.29) is 28.8 Å². The van der Waals surface area contributed by atoms with Gasteiger partial charge in [0.15, 0.2) is 0 Å². The molecule has 0 bridgehead atoms. The molecule has 2 atom stereocenters. The van der Waals surface area contributed by atoms with E-state index in [0.717, 1.165) is 5.56 Å². The molecule has 1 aliphatic heterocycles. The Hall–Kier alpha value is -4.72. The van der Waals surface area contributed by atoms with Crippen LogP contribution >= 0.6 is 0 Å². The maximum atomic E-state index is 14.9. The van der Waals surface area contributed by atoms with Crippen LogP contribution in [-0.2, 0) is 11.8 Å². The highest BCUT2D eigenvalue weighted by atomic mass is 19.1. The molecule has 0 radical (unpaired) electrons. The van der Waals surface area contributed by atoms with Crippen LogP contribution in [0.1, 0.15) is 42.4 Å². The fourth-order valence-electron chi connectivity index (χ4n) is 4.81. The fraction of sp³-hybridized carbons (Fsp3) is 0.321. The van der Waals surface area contributed by atoms with Gasteiger partial charge in [-0.2, -0.15) is 10.2 Å². The highest BCUT2D eigenvalue weighted by Gasteiger charge is 2.50. The van der Waals surface area contributed by atoms with Crippen LogP contribution < -0.4 is 15.2 Å². The molecule has 10 nitrogen and oxygen atoms in total. The summed E-state index contributed by atoms with van der Waals surface area (Å²) >= 11 is 0. The second kappa shape index (κ2) is 10.6. The van der Waals surface area contributed by atoms with Gasteiger partial charge in [-0.3, -0.25) is 19.9 Å². The van der Waals surface area contributed by atoms with Gasteiger partial charge in [0, 0.05) is 19.0 Å². The molecule has 39 heavy (non-hydrogen) atoms. The Kier molecular flexibility index (Phi) is 7.40. The summed E-state index contributed by atoms with van der Waals surface area (Å²) in [7, 11) is 3.03. The maximum Gasteiger partial charge on any atom is 0.274 e. The molecule has 4 rings (SSSR count). The first-order chi connectivity index (χ1) is 18.5. The van der Waals surface area contributed by atoms with Gasteiger partial charge in [-0.05, 0) is 49.1 Å². The lowest BCUT2D eigenvalue weighted by molar-refractivity contribution is -0.112. The van der Waals surface area contributed by atoms with Gasteiger partial charge in [-0.1, -0.05) is 19.9 Å². The Morgan fingerprint density at radius 2 is 1.97 bits per heavy atom. The predicted octanol–water partition coefficient (Wildman–Crippen LogP) is 3.96. The third-order valence-electron chi connectivity index (χ3n) is 6.58. The van der Waals surface area contributed by atoms with E-state index in [2.05, 4.69) is 9.97 Å². The molecule has 2 aromatic heterocycles. The van der Waals surface area contributed by atoms with Gasteiger partial charge in [-0.15, -0.1) is 0 Å². The third-order valence-corrected chi connectivity index (χ3v) is 6.58. The number of nitrogens with one attached hydrogen (secondary N) is 1. The Morgan fingerprint density at radius 1 is 1.26 bits per heavy atom. The lowest BCUT2D eigenvalue weighted by atomic mass is 9.83. The van der Waals surface area contributed by atoms with Gasteiger partial charge in [0.05, 0.1) is 30.8 Å². The number of carbonyl (C=O) groups excluding carboxylic acids is 1. The van der Waals surface area contributed by atoms with E-state index in [1.54, 1.807) is 39.2 Å². The van der Waals surface area contributed by atoms with Crippen LogP contribution in [0.25, 0.3) is 0 Å². The molecule has 0 saturated carbocycles. The number of halogens is 1. The number of ether oxygens (including phenoxy) is 1. The maximum absolute atomic E-state index is 14.9. The summed E-state index contributed by atoms with van der Waals surface area (Å²) in [5.41, 5.74) is 0.930. The molecule has 1 N–H and O–H groups in total. The molecule has 0 spiro atoms. The second-order valence-electron chi connectivity index (χ2n) is 9.68. The van der Waals surface area contributed by atoms with E-state index in [4.69, 9.17) is 15.1 Å². The highest BCUT2D eigenvalue weighted by molar-refractivity contribution is 6.49. The van der Waals surface area contributed by atoms with Crippen LogP contribution in [0.5, 0.6) is 5.88 Å². The first-order valence-electron chi connectivity index (χ1n) is 12.2. The van der Waals surface area contributed by atoms with Crippen molar-refractivity contribution in [1.29, 1.82) is 10.7 Å². The number of amides is 1. The molecule has 1 amide bonds. The van der Waals surface area contributed by atoms with Gasteiger partial charge in [0.2, 0.25) is 5.88 Å². The Morgan fingerprint density at radius 3 is 2.59 bits per heavy atom. The van der Waals surface area contributed by atoms with Crippen molar-refractivity contribution < 1.29 is 13.9 Å². The average Bonchev–Trinajstić information content (AvgIpc) is 3.14. The summed E-state index contributed by atoms with van der Waals surface area (Å²) in [4.78, 5) is 41.5. The van der Waals surface area contributed by atoms with Gasteiger partial charge >= 0.3 is 0 Å². The number of aliphatic imine (C=N–C) groups is 1. The van der Waals surface area contributed by atoms with Crippen LogP contribution in [0, 0.1) is 48.2 Å². The number of aromatic nitrogens is 3. The van der Waals surface area contributed by atoms with Crippen LogP contribution in [0.4, 0.5) is 15.8 Å². The zero-order valence-corrected chi connectivity index (χ0v) is 22.5. The van der Waals surface area contributed by atoms with Crippen molar-refractivity contribution in [2.75, 3.05) is 12.0 Å². The smallest absolute Gasteiger partial charge is 0.274 e. The lowest BCUT2D eigenvalue weighted by Gasteiger charge is -2.30. The van der Waals surface area contributed by atoms with Crippen LogP contribution in [0.3, 0.4) is 0 Å².